The van der Waals surface area contributed by atoms with E-state index in [1.807, 2.05) is 4.90 Å². The minimum absolute atomic E-state index is 0.0888. The zero-order chi connectivity index (χ0) is 21.7. The Kier molecular flexibility index (Phi) is 8.01. The second-order valence-electron chi connectivity index (χ2n) is 7.47. The number of aliphatic carboxylic acids is 1. The van der Waals surface area contributed by atoms with E-state index in [2.05, 4.69) is 22.2 Å². The molecule has 0 aromatic carbocycles. The van der Waals surface area contributed by atoms with Crippen molar-refractivity contribution in [1.82, 2.24) is 14.8 Å². The fourth-order valence-electron chi connectivity index (χ4n) is 3.66. The predicted molar refractivity (Wildman–Crippen MR) is 101 cm³/mol. The number of aryl methyl sites for hydroxylation is 1. The Morgan fingerprint density at radius 2 is 2.03 bits per heavy atom. The van der Waals surface area contributed by atoms with Crippen molar-refractivity contribution >= 4 is 23.2 Å². The Morgan fingerprint density at radius 1 is 1.34 bits per heavy atom. The first-order chi connectivity index (χ1) is 13.5. The highest BCUT2D eigenvalue weighted by molar-refractivity contribution is 7.09. The number of halogens is 3. The third-order valence-electron chi connectivity index (χ3n) is 4.92. The van der Waals surface area contributed by atoms with Crippen LogP contribution < -0.4 is 0 Å². The molecule has 0 aliphatic carbocycles. The van der Waals surface area contributed by atoms with Gasteiger partial charge < -0.3 is 14.7 Å². The number of aromatic nitrogens is 1. The van der Waals surface area contributed by atoms with Gasteiger partial charge in [0.05, 0.1) is 23.9 Å². The minimum Gasteiger partial charge on any atom is -0.475 e. The van der Waals surface area contributed by atoms with Crippen molar-refractivity contribution in [1.29, 1.82) is 0 Å². The van der Waals surface area contributed by atoms with E-state index in [-0.39, 0.29) is 11.3 Å². The molecular weight excluding hydrogens is 411 g/mol. The Morgan fingerprint density at radius 3 is 2.59 bits per heavy atom. The van der Waals surface area contributed by atoms with Crippen LogP contribution in [0.4, 0.5) is 13.2 Å². The lowest BCUT2D eigenvalue weighted by molar-refractivity contribution is -0.192. The van der Waals surface area contributed by atoms with Gasteiger partial charge in [0.2, 0.25) is 5.91 Å². The number of carbonyl (C=O) groups is 2. The molecule has 29 heavy (non-hydrogen) atoms. The molecule has 1 unspecified atom stereocenters. The highest BCUT2D eigenvalue weighted by atomic mass is 32.1. The van der Waals surface area contributed by atoms with Gasteiger partial charge in [0.25, 0.3) is 0 Å². The Hall–Kier alpha value is -1.72. The molecule has 1 aromatic heterocycles. The number of rotatable bonds is 2. The number of carbonyl (C=O) groups excluding carboxylic acids is 1. The maximum atomic E-state index is 11.8. The van der Waals surface area contributed by atoms with Gasteiger partial charge in [-0.05, 0) is 26.3 Å². The number of carboxylic acids is 1. The van der Waals surface area contributed by atoms with Crippen molar-refractivity contribution in [3.63, 3.8) is 0 Å². The van der Waals surface area contributed by atoms with E-state index in [1.165, 1.54) is 0 Å². The summed E-state index contributed by atoms with van der Waals surface area (Å²) in [5, 5.41) is 10.4. The van der Waals surface area contributed by atoms with E-state index in [1.54, 1.807) is 18.3 Å². The van der Waals surface area contributed by atoms with Crippen molar-refractivity contribution in [3.05, 3.63) is 16.1 Å². The smallest absolute Gasteiger partial charge is 0.475 e. The van der Waals surface area contributed by atoms with Gasteiger partial charge >= 0.3 is 12.1 Å². The fourth-order valence-corrected chi connectivity index (χ4v) is 4.27. The third-order valence-corrected chi connectivity index (χ3v) is 5.74. The van der Waals surface area contributed by atoms with E-state index < -0.39 is 12.1 Å². The molecule has 11 heteroatoms. The highest BCUT2D eigenvalue weighted by Crippen LogP contribution is 2.33. The van der Waals surface area contributed by atoms with Crippen molar-refractivity contribution in [3.8, 4) is 0 Å². The van der Waals surface area contributed by atoms with Crippen LogP contribution in [-0.4, -0.2) is 77.3 Å². The number of thiazole rings is 1. The number of likely N-dealkylation sites (tertiary alicyclic amines) is 1. The standard InChI is InChI=1S/C16H25N3O2S.C2HF3O2/c1-13-17-15(9-22-13)8-18-5-3-4-16(10-18)11-19(14(2)20)6-7-21-12-16;3-2(4,5)1(6)7/h9H,3-8,10-12H2,1-2H3;(H,6,7). The van der Waals surface area contributed by atoms with Crippen molar-refractivity contribution in [2.45, 2.75) is 39.4 Å². The van der Waals surface area contributed by atoms with Gasteiger partial charge in [0, 0.05) is 43.9 Å². The molecule has 164 valence electrons. The molecule has 3 heterocycles. The molecule has 1 N–H and O–H groups in total. The predicted octanol–water partition coefficient (Wildman–Crippen LogP) is 2.55. The number of carboxylic acid groups (broad SMARTS) is 1. The number of nitrogens with zero attached hydrogens (tertiary/aromatic N) is 3. The Labute approximate surface area is 171 Å². The summed E-state index contributed by atoms with van der Waals surface area (Å²) < 4.78 is 37.6. The summed E-state index contributed by atoms with van der Waals surface area (Å²) in [5.41, 5.74) is 1.25. The van der Waals surface area contributed by atoms with Crippen LogP contribution in [0, 0.1) is 12.3 Å². The Bertz CT molecular complexity index is 713. The molecular formula is C18H26F3N3O4S. The highest BCUT2D eigenvalue weighted by Gasteiger charge is 2.40. The molecule has 1 spiro atoms. The molecule has 1 aromatic rings. The van der Waals surface area contributed by atoms with Crippen LogP contribution >= 0.6 is 11.3 Å². The normalized spacial score (nSPS) is 23.3. The van der Waals surface area contributed by atoms with E-state index in [0.717, 1.165) is 62.9 Å². The lowest BCUT2D eigenvalue weighted by atomic mass is 9.80. The SMILES string of the molecule is CC(=O)N1CCOCC2(CCCN(Cc3csc(C)n3)C2)C1.O=C(O)C(F)(F)F. The maximum absolute atomic E-state index is 11.8. The summed E-state index contributed by atoms with van der Waals surface area (Å²) in [4.78, 5) is 29.7. The van der Waals surface area contributed by atoms with Gasteiger partial charge in [0.15, 0.2) is 0 Å². The first kappa shape index (κ1) is 23.6. The largest absolute Gasteiger partial charge is 0.490 e. The van der Waals surface area contributed by atoms with E-state index in [4.69, 9.17) is 14.6 Å². The molecule has 3 rings (SSSR count). The van der Waals surface area contributed by atoms with Gasteiger partial charge in [-0.25, -0.2) is 9.78 Å². The number of alkyl halides is 3. The van der Waals surface area contributed by atoms with E-state index in [0.29, 0.717) is 6.61 Å². The molecule has 2 fully saturated rings. The van der Waals surface area contributed by atoms with Crippen molar-refractivity contribution in [2.24, 2.45) is 5.41 Å². The molecule has 2 aliphatic heterocycles. The zero-order valence-electron chi connectivity index (χ0n) is 16.5. The number of amides is 1. The minimum atomic E-state index is -5.08. The molecule has 0 saturated carbocycles. The molecule has 0 bridgehead atoms. The summed E-state index contributed by atoms with van der Waals surface area (Å²) in [5.74, 6) is -2.59. The van der Waals surface area contributed by atoms with Crippen molar-refractivity contribution in [2.75, 3.05) is 39.4 Å². The second-order valence-corrected chi connectivity index (χ2v) is 8.53. The van der Waals surface area contributed by atoms with Crippen LogP contribution in [0.1, 0.15) is 30.5 Å². The lowest BCUT2D eigenvalue weighted by Gasteiger charge is -2.43. The van der Waals surface area contributed by atoms with Crippen LogP contribution in [0.15, 0.2) is 5.38 Å². The third kappa shape index (κ3) is 7.23. The van der Waals surface area contributed by atoms with Crippen LogP contribution in [0.5, 0.6) is 0 Å². The number of ether oxygens (including phenoxy) is 1. The molecule has 2 saturated heterocycles. The van der Waals surface area contributed by atoms with E-state index in [9.17, 15) is 18.0 Å². The number of hydrogen-bond acceptors (Lipinski definition) is 6. The molecule has 1 atom stereocenters. The number of piperidine rings is 1. The van der Waals surface area contributed by atoms with Gasteiger partial charge in [-0.3, -0.25) is 9.69 Å². The van der Waals surface area contributed by atoms with Gasteiger partial charge in [-0.1, -0.05) is 0 Å². The first-order valence-electron chi connectivity index (χ1n) is 9.27. The number of hydrogen-bond donors (Lipinski definition) is 1. The summed E-state index contributed by atoms with van der Waals surface area (Å²) in [6, 6.07) is 0. The van der Waals surface area contributed by atoms with Crippen molar-refractivity contribution < 1.29 is 32.6 Å². The molecule has 1 amide bonds. The Balaban J connectivity index is 0.000000370. The molecule has 0 radical (unpaired) electrons. The maximum Gasteiger partial charge on any atom is 0.490 e. The van der Waals surface area contributed by atoms with Gasteiger partial charge in [0.1, 0.15) is 0 Å². The zero-order valence-corrected chi connectivity index (χ0v) is 17.3. The average molecular weight is 437 g/mol. The van der Waals surface area contributed by atoms with Crippen LogP contribution in [0.2, 0.25) is 0 Å². The molecule has 2 aliphatic rings. The summed E-state index contributed by atoms with van der Waals surface area (Å²) in [7, 11) is 0. The molecule has 7 nitrogen and oxygen atoms in total. The second kappa shape index (κ2) is 9.86. The topological polar surface area (TPSA) is 83.0 Å². The van der Waals surface area contributed by atoms with Crippen LogP contribution in [0.3, 0.4) is 0 Å². The van der Waals surface area contributed by atoms with Crippen LogP contribution in [0.25, 0.3) is 0 Å². The summed E-state index contributed by atoms with van der Waals surface area (Å²) >= 11 is 1.71. The first-order valence-corrected chi connectivity index (χ1v) is 10.2. The van der Waals surface area contributed by atoms with Crippen LogP contribution in [-0.2, 0) is 20.9 Å². The summed E-state index contributed by atoms with van der Waals surface area (Å²) in [6.45, 7) is 9.71. The quantitative estimate of drug-likeness (QED) is 0.766. The van der Waals surface area contributed by atoms with Gasteiger partial charge in [-0.2, -0.15) is 13.2 Å². The van der Waals surface area contributed by atoms with Gasteiger partial charge in [-0.15, -0.1) is 11.3 Å². The average Bonchev–Trinajstić information content (AvgIpc) is 2.91. The monoisotopic (exact) mass is 437 g/mol. The summed E-state index contributed by atoms with van der Waals surface area (Å²) in [6.07, 6.45) is -2.78. The fraction of sp³-hybridized carbons (Fsp3) is 0.722. The lowest BCUT2D eigenvalue weighted by Crippen LogP contribution is -2.51. The van der Waals surface area contributed by atoms with E-state index >= 15 is 0 Å².